The van der Waals surface area contributed by atoms with Crippen LogP contribution >= 0.6 is 0 Å². The number of hydrogen-bond donors (Lipinski definition) is 0. The molecule has 6 saturated heterocycles. The summed E-state index contributed by atoms with van der Waals surface area (Å²) < 4.78 is 33.8. The number of aryl methyl sites for hydroxylation is 3. The summed E-state index contributed by atoms with van der Waals surface area (Å²) in [5.41, 5.74) is 16.3. The van der Waals surface area contributed by atoms with E-state index in [2.05, 4.69) is 138 Å². The minimum Gasteiger partial charge on any atom is -0.369 e. The quantitative estimate of drug-likeness (QED) is 0.134. The van der Waals surface area contributed by atoms with E-state index in [0.29, 0.717) is 40.3 Å². The van der Waals surface area contributed by atoms with Crippen molar-refractivity contribution in [2.45, 2.75) is 83.8 Å². The van der Waals surface area contributed by atoms with Crippen LogP contribution in [-0.2, 0) is 0 Å². The summed E-state index contributed by atoms with van der Waals surface area (Å²) in [7, 11) is 6.66. The second-order valence-electron chi connectivity index (χ2n) is 29.2. The number of nitrogens with zero attached hydrogens (tertiary/aromatic N) is 21. The van der Waals surface area contributed by atoms with Crippen LogP contribution in [0.15, 0.2) is 135 Å². The van der Waals surface area contributed by atoms with Gasteiger partial charge < -0.3 is 29.4 Å². The third-order valence-corrected chi connectivity index (χ3v) is 22.7. The number of piperazine rings is 2. The van der Waals surface area contributed by atoms with Gasteiger partial charge >= 0.3 is 0 Å². The Morgan fingerprint density at radius 1 is 0.353 bits per heavy atom. The second kappa shape index (κ2) is 29.3. The zero-order chi connectivity index (χ0) is 69.5. The molecule has 0 atom stereocenters. The van der Waals surface area contributed by atoms with E-state index in [0.717, 1.165) is 134 Å². The van der Waals surface area contributed by atoms with Crippen molar-refractivity contribution in [3.8, 4) is 33.4 Å². The van der Waals surface area contributed by atoms with E-state index in [1.54, 1.807) is 26.2 Å². The third-order valence-electron chi connectivity index (χ3n) is 22.7. The molecule has 0 amide bonds. The van der Waals surface area contributed by atoms with Crippen LogP contribution in [0.5, 0.6) is 0 Å². The van der Waals surface area contributed by atoms with Gasteiger partial charge in [0.1, 0.15) is 11.6 Å². The lowest BCUT2D eigenvalue weighted by Gasteiger charge is -2.42. The van der Waals surface area contributed by atoms with E-state index >= 15 is 0 Å². The third kappa shape index (κ3) is 14.0. The highest BCUT2D eigenvalue weighted by atomic mass is 19.1. The molecule has 102 heavy (non-hydrogen) atoms. The number of aromatic nitrogens is 12. The first-order valence-corrected chi connectivity index (χ1v) is 36.8. The van der Waals surface area contributed by atoms with Gasteiger partial charge in [0.15, 0.2) is 16.9 Å². The molecule has 18 rings (SSSR count). The first-order valence-electron chi connectivity index (χ1n) is 36.8. The maximum Gasteiger partial charge on any atom is 0.162 e. The number of fused-ring (bicyclic) bond motifs is 6. The lowest BCUT2D eigenvalue weighted by Crippen LogP contribution is -2.52. The molecule has 6 aliphatic rings. The summed E-state index contributed by atoms with van der Waals surface area (Å²) in [5.74, 6) is -0.479. The number of benzene rings is 3. The van der Waals surface area contributed by atoms with Crippen molar-refractivity contribution in [1.82, 2.24) is 88.1 Å². The molecule has 15 heterocycles. The highest BCUT2D eigenvalue weighted by Gasteiger charge is 2.31. The minimum atomic E-state index is -0.240. The molecule has 6 aliphatic heterocycles. The van der Waals surface area contributed by atoms with Gasteiger partial charge in [-0.05, 0) is 164 Å². The normalized spacial score (nSPS) is 19.0. The number of pyridine rings is 3. The predicted octanol–water partition coefficient (Wildman–Crippen LogP) is 11.1. The summed E-state index contributed by atoms with van der Waals surface area (Å²) in [6, 6.07) is 23.1. The van der Waals surface area contributed by atoms with Crippen LogP contribution in [0.2, 0.25) is 0 Å². The topological polar surface area (TPSA) is 158 Å². The summed E-state index contributed by atoms with van der Waals surface area (Å²) in [6.07, 6.45) is 29.8. The van der Waals surface area contributed by atoms with Crippen LogP contribution in [0.3, 0.4) is 0 Å². The molecule has 0 aliphatic carbocycles. The number of likely N-dealkylation sites (N-methyl/N-ethyl adjacent to an activating group) is 3. The molecule has 12 aromatic rings. The highest BCUT2D eigenvalue weighted by molar-refractivity contribution is 6.00. The molecule has 528 valence electrons. The summed E-state index contributed by atoms with van der Waals surface area (Å²) in [6.45, 7) is 26.2. The van der Waals surface area contributed by atoms with Gasteiger partial charge in [0.2, 0.25) is 0 Å². The Kier molecular flexibility index (Phi) is 19.3. The van der Waals surface area contributed by atoms with Crippen molar-refractivity contribution in [3.05, 3.63) is 163 Å². The average molecular weight is 1370 g/mol. The van der Waals surface area contributed by atoms with Gasteiger partial charge in [-0.3, -0.25) is 29.7 Å². The molecular formula is C79H93F2N21. The lowest BCUT2D eigenvalue weighted by molar-refractivity contribution is 0.0982. The van der Waals surface area contributed by atoms with Gasteiger partial charge in [-0.15, -0.1) is 0 Å². The Morgan fingerprint density at radius 3 is 1.16 bits per heavy atom. The van der Waals surface area contributed by atoms with Crippen molar-refractivity contribution in [2.75, 3.05) is 154 Å². The minimum absolute atomic E-state index is 0.239. The Hall–Kier alpha value is -9.23. The van der Waals surface area contributed by atoms with E-state index in [-0.39, 0.29) is 11.6 Å². The Balaban J connectivity index is 0.000000118. The Bertz CT molecular complexity index is 4950. The van der Waals surface area contributed by atoms with Crippen molar-refractivity contribution in [2.24, 2.45) is 0 Å². The highest BCUT2D eigenvalue weighted by Crippen LogP contribution is 2.37. The zero-order valence-electron chi connectivity index (χ0n) is 59.8. The van der Waals surface area contributed by atoms with E-state index in [9.17, 15) is 8.78 Å². The predicted molar refractivity (Wildman–Crippen MR) is 403 cm³/mol. The van der Waals surface area contributed by atoms with Crippen LogP contribution in [0.25, 0.3) is 83.0 Å². The SMILES string of the molecule is Cc1cc(-c2cnn3cc(N4CCC(N5CCN(C)CC5)CC4)cnc23)c2ccccc2n1.Cc1cc2c(-c3cnn4cc(N5CCC(N6CCCN(C)CC6)CC5)cnc34)ccnc2cc1F.Cc1cc2c(-c3cnn4cc(N5CCC(N6CCN(C)CC6)CC5)cnc34)ccnc2cc1F. The molecule has 23 heteroatoms. The molecule has 0 spiro atoms. The van der Waals surface area contributed by atoms with Gasteiger partial charge in [-0.2, -0.15) is 15.3 Å². The van der Waals surface area contributed by atoms with E-state index in [1.165, 1.54) is 136 Å². The molecule has 6 fully saturated rings. The molecule has 0 bridgehead atoms. The summed E-state index contributed by atoms with van der Waals surface area (Å²) in [4.78, 5) is 50.6. The number of halogens is 2. The van der Waals surface area contributed by atoms with Crippen molar-refractivity contribution in [3.63, 3.8) is 0 Å². The van der Waals surface area contributed by atoms with Gasteiger partial charge in [0.05, 0.1) is 89.4 Å². The van der Waals surface area contributed by atoms with Crippen LogP contribution in [0, 0.1) is 32.4 Å². The smallest absolute Gasteiger partial charge is 0.162 e. The molecule has 9 aromatic heterocycles. The fourth-order valence-corrected chi connectivity index (χ4v) is 16.5. The maximum absolute atomic E-state index is 14.1. The fourth-order valence-electron chi connectivity index (χ4n) is 16.5. The monoisotopic (exact) mass is 1370 g/mol. The number of para-hydroxylation sites is 1. The van der Waals surface area contributed by atoms with Crippen LogP contribution < -0.4 is 14.7 Å². The average Bonchev–Trinajstić information content (AvgIpc) is 1.52. The zero-order valence-corrected chi connectivity index (χ0v) is 59.8. The second-order valence-corrected chi connectivity index (χ2v) is 29.2. The van der Waals surface area contributed by atoms with Gasteiger partial charge in [-0.25, -0.2) is 37.3 Å². The molecule has 0 saturated carbocycles. The standard InChI is InChI=1S/C27H32FN7.C26H30FN7.C26H31N7/c1-19-14-23-22(4-7-29-26(23)15-25(19)28)24-17-31-35-18-21(16-30-27(24)35)34-10-5-20(6-11-34)33-9-3-8-32(2)12-13-33;1-18-13-22-21(3-6-28-25(22)14-24(18)27)23-16-30-34-17-20(15-29-26(23)34)32-7-4-19(5-8-32)33-11-9-31(2)10-12-33;1-19-15-23(22-5-3-4-6-25(22)29-19)24-17-28-33-18-21(16-27-26(24)33)31-9-7-20(8-10-31)32-13-11-30(2)12-14-32/h4,7,14-18,20H,3,5-6,8-13H2,1-2H3;3,6,13-17,19H,4-5,7-12H2,1-2H3;3-6,15-18,20H,7-14H2,1-2H3. The van der Waals surface area contributed by atoms with Crippen molar-refractivity contribution >= 4 is 66.7 Å². The maximum atomic E-state index is 14.1. The first kappa shape index (κ1) is 67.3. The number of anilines is 3. The Labute approximate surface area is 595 Å². The van der Waals surface area contributed by atoms with Crippen molar-refractivity contribution < 1.29 is 8.78 Å². The van der Waals surface area contributed by atoms with Gasteiger partial charge in [-0.1, -0.05) is 18.2 Å². The molecule has 3 aromatic carbocycles. The van der Waals surface area contributed by atoms with Crippen molar-refractivity contribution in [1.29, 1.82) is 0 Å². The van der Waals surface area contributed by atoms with E-state index in [1.807, 2.05) is 88.0 Å². The molecule has 0 radical (unpaired) electrons. The van der Waals surface area contributed by atoms with Crippen LogP contribution in [0.4, 0.5) is 25.8 Å². The molecule has 0 N–H and O–H groups in total. The van der Waals surface area contributed by atoms with Gasteiger partial charge in [0, 0.05) is 186 Å². The van der Waals surface area contributed by atoms with E-state index in [4.69, 9.17) is 15.0 Å². The summed E-state index contributed by atoms with van der Waals surface area (Å²) >= 11 is 0. The fraction of sp³-hybridized carbons (Fsp3) is 0.430. The first-order chi connectivity index (χ1) is 49.8. The van der Waals surface area contributed by atoms with Crippen LogP contribution in [-0.4, -0.2) is 245 Å². The Morgan fingerprint density at radius 2 is 0.735 bits per heavy atom. The summed E-state index contributed by atoms with van der Waals surface area (Å²) in [5, 5.41) is 16.9. The van der Waals surface area contributed by atoms with E-state index < -0.39 is 0 Å². The molecule has 0 unspecified atom stereocenters. The number of rotatable bonds is 9. The van der Waals surface area contributed by atoms with Crippen LogP contribution in [0.1, 0.15) is 61.8 Å². The number of piperidine rings is 3. The van der Waals surface area contributed by atoms with Gasteiger partial charge in [0.25, 0.3) is 0 Å². The molecular weight excluding hydrogens is 1280 g/mol. The number of hydrogen-bond acceptors (Lipinski definition) is 18. The largest absolute Gasteiger partial charge is 0.369 e. The molecule has 21 nitrogen and oxygen atoms in total. The lowest BCUT2D eigenvalue weighted by atomic mass is 10.0.